The Hall–Kier alpha value is 0.482. The standard InChI is InChI=1S/2CH4O3S.Pd/c2*1-5(2,3)4;/h2*1H3,(H,2,3,4);. The Bertz CT molecular complexity index is 215. The predicted molar refractivity (Wildman–Crippen MR) is 34.9 cm³/mol. The number of hydrogen-bond acceptors (Lipinski definition) is 4. The van der Waals surface area contributed by atoms with Crippen molar-refractivity contribution in [3.05, 3.63) is 0 Å². The van der Waals surface area contributed by atoms with Crippen LogP contribution in [0.1, 0.15) is 0 Å². The Labute approximate surface area is 79.1 Å². The average molecular weight is 299 g/mol. The van der Waals surface area contributed by atoms with Crippen LogP contribution in [-0.2, 0) is 40.7 Å². The average Bonchev–Trinajstić information content (AvgIpc) is 1.12. The predicted octanol–water partition coefficient (Wildman–Crippen LogP) is -0.994. The smallest absolute Gasteiger partial charge is 0.261 e. The monoisotopic (exact) mass is 298 g/mol. The second kappa shape index (κ2) is 6.05. The van der Waals surface area contributed by atoms with E-state index < -0.39 is 20.2 Å². The van der Waals surface area contributed by atoms with Crippen LogP contribution in [0.2, 0.25) is 0 Å². The van der Waals surface area contributed by atoms with Gasteiger partial charge in [0.05, 0.1) is 12.5 Å². The van der Waals surface area contributed by atoms with Gasteiger partial charge < -0.3 is 0 Å². The minimum atomic E-state index is -3.67. The summed E-state index contributed by atoms with van der Waals surface area (Å²) in [6.07, 6.45) is 1.43. The van der Waals surface area contributed by atoms with E-state index in [1.54, 1.807) is 0 Å². The van der Waals surface area contributed by atoms with Crippen LogP contribution in [-0.4, -0.2) is 38.5 Å². The zero-order valence-corrected chi connectivity index (χ0v) is 8.85. The summed E-state index contributed by atoms with van der Waals surface area (Å²) in [5.74, 6) is 0. The van der Waals surface area contributed by atoms with E-state index in [0.29, 0.717) is 12.5 Å². The summed E-state index contributed by atoms with van der Waals surface area (Å²) < 4.78 is 51.7. The molecule has 0 fully saturated rings. The molecule has 0 saturated heterocycles. The topological polar surface area (TPSA) is 109 Å². The molecule has 0 radical (unpaired) electrons. The zero-order valence-electron chi connectivity index (χ0n) is 5.66. The maximum Gasteiger partial charge on any atom is 0.261 e. The molecule has 0 bridgehead atoms. The molecule has 11 heavy (non-hydrogen) atoms. The molecule has 9 heteroatoms. The van der Waals surface area contributed by atoms with Crippen LogP contribution in [0.15, 0.2) is 0 Å². The van der Waals surface area contributed by atoms with Gasteiger partial charge in [-0.15, -0.1) is 0 Å². The molecule has 0 rings (SSSR count). The summed E-state index contributed by atoms with van der Waals surface area (Å²) in [6, 6.07) is 0. The third kappa shape index (κ3) is 3240. The minimum absolute atomic E-state index is 0. The van der Waals surface area contributed by atoms with Crippen LogP contribution in [0.25, 0.3) is 0 Å². The normalized spacial score (nSPS) is 10.5. The first-order valence-corrected chi connectivity index (χ1v) is 5.54. The van der Waals surface area contributed by atoms with Gasteiger partial charge in [0.2, 0.25) is 0 Å². The molecule has 0 heterocycles. The number of rotatable bonds is 0. The van der Waals surface area contributed by atoms with Crippen LogP contribution in [0.3, 0.4) is 0 Å². The summed E-state index contributed by atoms with van der Waals surface area (Å²) in [4.78, 5) is 0. The van der Waals surface area contributed by atoms with Crippen molar-refractivity contribution < 1.29 is 46.4 Å². The molecule has 0 amide bonds. The van der Waals surface area contributed by atoms with Crippen LogP contribution < -0.4 is 0 Å². The molecule has 0 saturated carbocycles. The fraction of sp³-hybridized carbons (Fsp3) is 1.00. The second-order valence-electron chi connectivity index (χ2n) is 1.47. The SMILES string of the molecule is CS(=O)(=O)O.CS(=O)(=O)O.[Pd]. The van der Waals surface area contributed by atoms with Crippen molar-refractivity contribution in [2.45, 2.75) is 0 Å². The Kier molecular flexibility index (Phi) is 9.64. The van der Waals surface area contributed by atoms with Gasteiger partial charge in [-0.25, -0.2) is 0 Å². The van der Waals surface area contributed by atoms with E-state index in [1.165, 1.54) is 0 Å². The van der Waals surface area contributed by atoms with Crippen molar-refractivity contribution in [1.29, 1.82) is 0 Å². The third-order valence-corrected chi connectivity index (χ3v) is 0. The quantitative estimate of drug-likeness (QED) is 0.439. The van der Waals surface area contributed by atoms with E-state index in [4.69, 9.17) is 9.11 Å². The van der Waals surface area contributed by atoms with Crippen molar-refractivity contribution in [2.75, 3.05) is 12.5 Å². The van der Waals surface area contributed by atoms with Gasteiger partial charge in [0.15, 0.2) is 0 Å². The minimum Gasteiger partial charge on any atom is -0.286 e. The summed E-state index contributed by atoms with van der Waals surface area (Å²) in [7, 11) is -7.33. The Morgan fingerprint density at radius 2 is 0.818 bits per heavy atom. The molecule has 0 atom stereocenters. The summed E-state index contributed by atoms with van der Waals surface area (Å²) >= 11 is 0. The maximum absolute atomic E-state index is 9.19. The molecule has 6 nitrogen and oxygen atoms in total. The van der Waals surface area contributed by atoms with Gasteiger partial charge in [0, 0.05) is 20.4 Å². The summed E-state index contributed by atoms with van der Waals surface area (Å²) in [6.45, 7) is 0. The van der Waals surface area contributed by atoms with E-state index in [0.717, 1.165) is 0 Å². The molecule has 0 aliphatic carbocycles. The van der Waals surface area contributed by atoms with Crippen LogP contribution in [0.5, 0.6) is 0 Å². The Morgan fingerprint density at radius 3 is 0.818 bits per heavy atom. The molecule has 0 aromatic rings. The molecule has 2 N–H and O–H groups in total. The molecule has 0 aromatic heterocycles. The van der Waals surface area contributed by atoms with E-state index in [9.17, 15) is 16.8 Å². The second-order valence-corrected chi connectivity index (χ2v) is 4.40. The van der Waals surface area contributed by atoms with E-state index in [-0.39, 0.29) is 20.4 Å². The molecular weight excluding hydrogens is 291 g/mol. The summed E-state index contributed by atoms with van der Waals surface area (Å²) in [5, 5.41) is 0. The first-order valence-electron chi connectivity index (χ1n) is 1.85. The molecule has 74 valence electrons. The fourth-order valence-electron chi connectivity index (χ4n) is 0. The summed E-state index contributed by atoms with van der Waals surface area (Å²) in [5.41, 5.74) is 0. The van der Waals surface area contributed by atoms with Crippen molar-refractivity contribution in [2.24, 2.45) is 0 Å². The van der Waals surface area contributed by atoms with Crippen LogP contribution in [0.4, 0.5) is 0 Å². The van der Waals surface area contributed by atoms with E-state index in [2.05, 4.69) is 0 Å². The van der Waals surface area contributed by atoms with Gasteiger partial charge in [-0.3, -0.25) is 9.11 Å². The van der Waals surface area contributed by atoms with Gasteiger partial charge >= 0.3 is 0 Å². The van der Waals surface area contributed by atoms with Crippen molar-refractivity contribution in [1.82, 2.24) is 0 Å². The Morgan fingerprint density at radius 1 is 0.818 bits per heavy atom. The van der Waals surface area contributed by atoms with Crippen LogP contribution >= 0.6 is 0 Å². The van der Waals surface area contributed by atoms with E-state index in [1.807, 2.05) is 0 Å². The molecule has 0 aliphatic heterocycles. The zero-order chi connectivity index (χ0) is 9.00. The largest absolute Gasteiger partial charge is 0.286 e. The van der Waals surface area contributed by atoms with Crippen molar-refractivity contribution >= 4 is 20.2 Å². The molecule has 0 spiro atoms. The van der Waals surface area contributed by atoms with Gasteiger partial charge in [0.1, 0.15) is 0 Å². The molecule has 0 aliphatic rings. The molecule has 0 aromatic carbocycles. The van der Waals surface area contributed by atoms with Gasteiger partial charge in [-0.2, -0.15) is 16.8 Å². The first-order chi connectivity index (χ1) is 4.00. The first kappa shape index (κ1) is 17.5. The van der Waals surface area contributed by atoms with Crippen molar-refractivity contribution in [3.8, 4) is 0 Å². The maximum atomic E-state index is 9.19. The van der Waals surface area contributed by atoms with Gasteiger partial charge in [-0.05, 0) is 0 Å². The molecular formula is C2H8O6PdS2. The van der Waals surface area contributed by atoms with E-state index >= 15 is 0 Å². The molecule has 0 unspecified atom stereocenters. The fourth-order valence-corrected chi connectivity index (χ4v) is 0. The Balaban J connectivity index is -0.000000107. The van der Waals surface area contributed by atoms with Crippen molar-refractivity contribution in [3.63, 3.8) is 0 Å². The van der Waals surface area contributed by atoms with Gasteiger partial charge in [-0.1, -0.05) is 0 Å². The third-order valence-electron chi connectivity index (χ3n) is 0. The number of hydrogen-bond donors (Lipinski definition) is 2. The van der Waals surface area contributed by atoms with Gasteiger partial charge in [0.25, 0.3) is 20.2 Å². The van der Waals surface area contributed by atoms with Crippen LogP contribution in [0, 0.1) is 0 Å².